The van der Waals surface area contributed by atoms with Crippen LogP contribution in [0.2, 0.25) is 0 Å². The Morgan fingerprint density at radius 3 is 2.78 bits per heavy atom. The third-order valence-corrected chi connectivity index (χ3v) is 3.89. The first-order valence-corrected chi connectivity index (χ1v) is 7.83. The maximum atomic E-state index is 12.1. The van der Waals surface area contributed by atoms with Gasteiger partial charge in [-0.1, -0.05) is 6.07 Å². The Balaban J connectivity index is 2.04. The molecule has 9 nitrogen and oxygen atoms in total. The molecule has 0 aliphatic heterocycles. The number of aryl methyl sites for hydroxylation is 1. The van der Waals surface area contributed by atoms with Crippen molar-refractivity contribution in [3.8, 4) is 5.88 Å². The van der Waals surface area contributed by atoms with Crippen LogP contribution in [-0.4, -0.2) is 31.9 Å². The minimum Gasteiger partial charge on any atom is -0.494 e. The SMILES string of the molecule is Cc1ccc(C(=O)O)cc1N=Cc1c(O)n(Cc2ccco2)c(=O)[nH]c1=O. The summed E-state index contributed by atoms with van der Waals surface area (Å²) in [5, 5.41) is 19.4. The highest BCUT2D eigenvalue weighted by atomic mass is 16.4. The summed E-state index contributed by atoms with van der Waals surface area (Å²) in [6.45, 7) is 1.64. The van der Waals surface area contributed by atoms with Crippen molar-refractivity contribution in [1.29, 1.82) is 0 Å². The minimum atomic E-state index is -1.11. The standard InChI is InChI=1S/C18H15N3O6/c1-10-4-5-11(17(24)25)7-14(10)19-8-13-15(22)20-18(26)21(16(13)23)9-12-3-2-6-27-12/h2-8,23H,9H2,1H3,(H,24,25)(H,20,22,26). The van der Waals surface area contributed by atoms with Crippen molar-refractivity contribution < 1.29 is 19.4 Å². The van der Waals surface area contributed by atoms with E-state index in [9.17, 15) is 19.5 Å². The van der Waals surface area contributed by atoms with Crippen LogP contribution in [0.5, 0.6) is 5.88 Å². The Morgan fingerprint density at radius 1 is 1.33 bits per heavy atom. The van der Waals surface area contributed by atoms with Gasteiger partial charge in [0, 0.05) is 6.21 Å². The molecule has 0 atom stereocenters. The first-order chi connectivity index (χ1) is 12.9. The Bertz CT molecular complexity index is 1140. The summed E-state index contributed by atoms with van der Waals surface area (Å²) < 4.78 is 6.08. The fourth-order valence-corrected chi connectivity index (χ4v) is 2.41. The van der Waals surface area contributed by atoms with Crippen LogP contribution in [0.1, 0.15) is 27.2 Å². The van der Waals surface area contributed by atoms with Crippen LogP contribution < -0.4 is 11.2 Å². The van der Waals surface area contributed by atoms with Crippen LogP contribution in [0.3, 0.4) is 0 Å². The van der Waals surface area contributed by atoms with E-state index in [2.05, 4.69) is 9.98 Å². The molecule has 0 unspecified atom stereocenters. The van der Waals surface area contributed by atoms with Crippen molar-refractivity contribution in [3.63, 3.8) is 0 Å². The zero-order valence-electron chi connectivity index (χ0n) is 14.2. The highest BCUT2D eigenvalue weighted by Crippen LogP contribution is 2.21. The molecule has 0 amide bonds. The molecule has 0 spiro atoms. The number of carboxylic acid groups (broad SMARTS) is 1. The van der Waals surface area contributed by atoms with Crippen molar-refractivity contribution in [2.45, 2.75) is 13.5 Å². The van der Waals surface area contributed by atoms with E-state index in [4.69, 9.17) is 9.52 Å². The fraction of sp³-hybridized carbons (Fsp3) is 0.111. The van der Waals surface area contributed by atoms with E-state index in [1.54, 1.807) is 25.1 Å². The van der Waals surface area contributed by atoms with Crippen molar-refractivity contribution in [3.05, 3.63) is 79.9 Å². The van der Waals surface area contributed by atoms with Gasteiger partial charge in [-0.2, -0.15) is 0 Å². The molecule has 3 aromatic rings. The summed E-state index contributed by atoms with van der Waals surface area (Å²) in [6, 6.07) is 7.61. The van der Waals surface area contributed by atoms with Crippen LogP contribution in [0, 0.1) is 6.92 Å². The number of aliphatic imine (C=N–C) groups is 1. The number of rotatable bonds is 5. The summed E-state index contributed by atoms with van der Waals surface area (Å²) in [5.41, 5.74) is -0.817. The number of carbonyl (C=O) groups is 1. The second-order valence-corrected chi connectivity index (χ2v) is 5.73. The number of aromatic hydroxyl groups is 1. The predicted octanol–water partition coefficient (Wildman–Crippen LogP) is 1.64. The van der Waals surface area contributed by atoms with Gasteiger partial charge in [0.1, 0.15) is 11.3 Å². The molecular weight excluding hydrogens is 354 g/mol. The lowest BCUT2D eigenvalue weighted by Crippen LogP contribution is -2.32. The van der Waals surface area contributed by atoms with Gasteiger partial charge >= 0.3 is 11.7 Å². The lowest BCUT2D eigenvalue weighted by atomic mass is 10.1. The topological polar surface area (TPSA) is 138 Å². The number of aromatic nitrogens is 2. The molecule has 27 heavy (non-hydrogen) atoms. The Morgan fingerprint density at radius 2 is 2.11 bits per heavy atom. The lowest BCUT2D eigenvalue weighted by molar-refractivity contribution is 0.0697. The molecule has 0 aliphatic rings. The molecule has 2 heterocycles. The van der Waals surface area contributed by atoms with Crippen LogP contribution in [0.4, 0.5) is 5.69 Å². The summed E-state index contributed by atoms with van der Waals surface area (Å²) >= 11 is 0. The van der Waals surface area contributed by atoms with E-state index in [-0.39, 0.29) is 17.7 Å². The number of carboxylic acids is 1. The summed E-state index contributed by atoms with van der Waals surface area (Å²) in [4.78, 5) is 41.3. The van der Waals surface area contributed by atoms with Crippen LogP contribution >= 0.6 is 0 Å². The number of aromatic amines is 1. The van der Waals surface area contributed by atoms with Gasteiger partial charge < -0.3 is 14.6 Å². The zero-order chi connectivity index (χ0) is 19.6. The quantitative estimate of drug-likeness (QED) is 0.585. The van der Waals surface area contributed by atoms with E-state index in [1.807, 2.05) is 0 Å². The largest absolute Gasteiger partial charge is 0.494 e. The third-order valence-electron chi connectivity index (χ3n) is 3.89. The number of benzene rings is 1. The second kappa shape index (κ2) is 7.16. The highest BCUT2D eigenvalue weighted by molar-refractivity contribution is 5.90. The average Bonchev–Trinajstić information content (AvgIpc) is 3.12. The summed E-state index contributed by atoms with van der Waals surface area (Å²) in [6.07, 6.45) is 2.50. The molecule has 3 rings (SSSR count). The normalized spacial score (nSPS) is 11.1. The molecule has 0 aliphatic carbocycles. The maximum Gasteiger partial charge on any atom is 0.335 e. The van der Waals surface area contributed by atoms with Crippen LogP contribution in [0.25, 0.3) is 0 Å². The molecule has 0 saturated carbocycles. The molecule has 0 radical (unpaired) electrons. The first-order valence-electron chi connectivity index (χ1n) is 7.83. The molecule has 0 fully saturated rings. The van der Waals surface area contributed by atoms with Gasteiger partial charge in [0.15, 0.2) is 0 Å². The van der Waals surface area contributed by atoms with Gasteiger partial charge in [0.05, 0.1) is 24.1 Å². The fourth-order valence-electron chi connectivity index (χ4n) is 2.41. The van der Waals surface area contributed by atoms with Crippen LogP contribution in [-0.2, 0) is 6.54 Å². The van der Waals surface area contributed by atoms with E-state index < -0.39 is 23.1 Å². The van der Waals surface area contributed by atoms with E-state index in [1.165, 1.54) is 18.4 Å². The van der Waals surface area contributed by atoms with E-state index in [0.29, 0.717) is 17.0 Å². The van der Waals surface area contributed by atoms with Gasteiger partial charge in [0.25, 0.3) is 5.56 Å². The van der Waals surface area contributed by atoms with E-state index >= 15 is 0 Å². The number of nitrogens with zero attached hydrogens (tertiary/aromatic N) is 2. The molecule has 3 N–H and O–H groups in total. The number of aromatic carboxylic acids is 1. The number of H-pyrrole nitrogens is 1. The van der Waals surface area contributed by atoms with Crippen molar-refractivity contribution in [1.82, 2.24) is 9.55 Å². The maximum absolute atomic E-state index is 12.1. The Hall–Kier alpha value is -3.88. The number of hydrogen-bond donors (Lipinski definition) is 3. The van der Waals surface area contributed by atoms with Crippen molar-refractivity contribution in [2.75, 3.05) is 0 Å². The smallest absolute Gasteiger partial charge is 0.335 e. The monoisotopic (exact) mass is 369 g/mol. The molecule has 2 aromatic heterocycles. The predicted molar refractivity (Wildman–Crippen MR) is 96.2 cm³/mol. The first kappa shape index (κ1) is 17.9. The van der Waals surface area contributed by atoms with Gasteiger partial charge in [-0.3, -0.25) is 19.3 Å². The Kier molecular flexibility index (Phi) is 4.75. The van der Waals surface area contributed by atoms with Gasteiger partial charge in [-0.05, 0) is 36.8 Å². The average molecular weight is 369 g/mol. The highest BCUT2D eigenvalue weighted by Gasteiger charge is 2.14. The number of hydrogen-bond acceptors (Lipinski definition) is 6. The molecular formula is C18H15N3O6. The molecule has 9 heteroatoms. The third kappa shape index (κ3) is 3.71. The van der Waals surface area contributed by atoms with Crippen LogP contribution in [0.15, 0.2) is 55.6 Å². The summed E-state index contributed by atoms with van der Waals surface area (Å²) in [7, 11) is 0. The van der Waals surface area contributed by atoms with Gasteiger partial charge in [-0.25, -0.2) is 9.59 Å². The van der Waals surface area contributed by atoms with Gasteiger partial charge in [0.2, 0.25) is 5.88 Å². The number of furan rings is 1. The Labute approximate surface area is 151 Å². The second-order valence-electron chi connectivity index (χ2n) is 5.73. The molecule has 0 bridgehead atoms. The van der Waals surface area contributed by atoms with Gasteiger partial charge in [-0.15, -0.1) is 0 Å². The zero-order valence-corrected chi connectivity index (χ0v) is 14.2. The molecule has 1 aromatic carbocycles. The molecule has 0 saturated heterocycles. The molecule has 138 valence electrons. The van der Waals surface area contributed by atoms with Crippen molar-refractivity contribution in [2.24, 2.45) is 4.99 Å². The lowest BCUT2D eigenvalue weighted by Gasteiger charge is -2.08. The van der Waals surface area contributed by atoms with Crippen molar-refractivity contribution >= 4 is 17.9 Å². The van der Waals surface area contributed by atoms with E-state index in [0.717, 1.165) is 10.8 Å². The number of nitrogens with one attached hydrogen (secondary N) is 1. The summed E-state index contributed by atoms with van der Waals surface area (Å²) in [5.74, 6) is -1.28. The minimum absolute atomic E-state index is 0.0358.